The van der Waals surface area contributed by atoms with E-state index in [9.17, 15) is 28.1 Å². The molecule has 1 saturated heterocycles. The highest BCUT2D eigenvalue weighted by Gasteiger charge is 2.24. The van der Waals surface area contributed by atoms with Crippen molar-refractivity contribution in [3.63, 3.8) is 0 Å². The number of nitrogens with zero attached hydrogens (tertiary/aromatic N) is 2. The number of nitro benzene ring substituents is 1. The van der Waals surface area contributed by atoms with Crippen molar-refractivity contribution in [1.29, 1.82) is 0 Å². The second kappa shape index (κ2) is 8.49. The number of nitrogens with one attached hydrogen (secondary N) is 2. The summed E-state index contributed by atoms with van der Waals surface area (Å²) >= 11 is 0. The number of carbonyl (C=O) groups is 2. The van der Waals surface area contributed by atoms with Gasteiger partial charge in [0.25, 0.3) is 17.5 Å². The van der Waals surface area contributed by atoms with Gasteiger partial charge in [-0.15, -0.1) is 0 Å². The molecule has 2 amide bonds. The third kappa shape index (κ3) is 4.74. The number of anilines is 1. The molecule has 1 aliphatic rings. The Balaban J connectivity index is 1.69. The average molecular weight is 432 g/mol. The van der Waals surface area contributed by atoms with Gasteiger partial charge in [0.2, 0.25) is 0 Å². The third-order valence-electron chi connectivity index (χ3n) is 4.72. The van der Waals surface area contributed by atoms with E-state index in [0.29, 0.717) is 5.69 Å². The molecular weight excluding hydrogens is 412 g/mol. The Morgan fingerprint density at radius 2 is 1.50 bits per heavy atom. The van der Waals surface area contributed by atoms with Gasteiger partial charge in [0.1, 0.15) is 5.69 Å². The van der Waals surface area contributed by atoms with E-state index in [0.717, 1.165) is 32.2 Å². The lowest BCUT2D eigenvalue weighted by atomic mass is 10.1. The number of hydrogen-bond acceptors (Lipinski definition) is 7. The average Bonchev–Trinajstić information content (AvgIpc) is 3.25. The first-order valence-corrected chi connectivity index (χ1v) is 11.0. The molecule has 0 aromatic heterocycles. The molecule has 1 aliphatic heterocycles. The first kappa shape index (κ1) is 21.2. The molecule has 2 aromatic carbocycles. The minimum atomic E-state index is -3.39. The van der Waals surface area contributed by atoms with Gasteiger partial charge in [-0.25, -0.2) is 8.42 Å². The summed E-state index contributed by atoms with van der Waals surface area (Å²) in [5.74, 6) is -1.38. The minimum Gasteiger partial charge on any atom is -0.366 e. The highest BCUT2D eigenvalue weighted by atomic mass is 32.2. The number of amides is 2. The lowest BCUT2D eigenvalue weighted by Gasteiger charge is -2.17. The first-order valence-electron chi connectivity index (χ1n) is 9.11. The van der Waals surface area contributed by atoms with Gasteiger partial charge in [0, 0.05) is 36.5 Å². The molecule has 10 nitrogen and oxygen atoms in total. The Morgan fingerprint density at radius 1 is 0.967 bits per heavy atom. The Morgan fingerprint density at radius 3 is 2.03 bits per heavy atom. The van der Waals surface area contributed by atoms with Crippen LogP contribution in [0, 0.1) is 10.1 Å². The van der Waals surface area contributed by atoms with Crippen molar-refractivity contribution in [1.82, 2.24) is 10.9 Å². The maximum absolute atomic E-state index is 12.3. The van der Waals surface area contributed by atoms with Crippen LogP contribution in [-0.4, -0.2) is 44.5 Å². The van der Waals surface area contributed by atoms with Gasteiger partial charge >= 0.3 is 0 Å². The maximum Gasteiger partial charge on any atom is 0.293 e. The molecule has 1 fully saturated rings. The monoisotopic (exact) mass is 432 g/mol. The molecule has 2 N–H and O–H groups in total. The van der Waals surface area contributed by atoms with Crippen molar-refractivity contribution < 1.29 is 22.9 Å². The van der Waals surface area contributed by atoms with Crippen LogP contribution >= 0.6 is 0 Å². The molecule has 0 radical (unpaired) electrons. The fourth-order valence-electron chi connectivity index (χ4n) is 3.15. The molecule has 0 spiro atoms. The van der Waals surface area contributed by atoms with E-state index in [1.54, 1.807) is 0 Å². The van der Waals surface area contributed by atoms with Crippen LogP contribution in [0.3, 0.4) is 0 Å². The Kier molecular flexibility index (Phi) is 6.01. The number of benzene rings is 2. The van der Waals surface area contributed by atoms with Gasteiger partial charge in [-0.1, -0.05) is 0 Å². The van der Waals surface area contributed by atoms with Crippen LogP contribution in [0.4, 0.5) is 11.4 Å². The second-order valence-corrected chi connectivity index (χ2v) is 8.88. The van der Waals surface area contributed by atoms with E-state index in [1.807, 2.05) is 4.90 Å². The summed E-state index contributed by atoms with van der Waals surface area (Å²) in [5, 5.41) is 11.4. The summed E-state index contributed by atoms with van der Waals surface area (Å²) in [5.41, 5.74) is 4.86. The van der Waals surface area contributed by atoms with Crippen LogP contribution < -0.4 is 15.8 Å². The van der Waals surface area contributed by atoms with Crippen LogP contribution in [0.2, 0.25) is 0 Å². The molecule has 3 rings (SSSR count). The molecule has 158 valence electrons. The number of hydrogen-bond donors (Lipinski definition) is 2. The lowest BCUT2D eigenvalue weighted by Crippen LogP contribution is -2.41. The summed E-state index contributed by atoms with van der Waals surface area (Å²) in [7, 11) is -3.39. The molecule has 0 bridgehead atoms. The summed E-state index contributed by atoms with van der Waals surface area (Å²) in [6.45, 7) is 1.45. The molecule has 0 saturated carbocycles. The topological polar surface area (TPSA) is 139 Å². The van der Waals surface area contributed by atoms with Crippen LogP contribution in [-0.2, 0) is 9.84 Å². The second-order valence-electron chi connectivity index (χ2n) is 6.86. The van der Waals surface area contributed by atoms with Crippen molar-refractivity contribution in [3.05, 3.63) is 63.7 Å². The van der Waals surface area contributed by atoms with Gasteiger partial charge < -0.3 is 4.90 Å². The fraction of sp³-hybridized carbons (Fsp3) is 0.263. The molecule has 1 heterocycles. The minimum absolute atomic E-state index is 0.0253. The number of rotatable bonds is 5. The highest BCUT2D eigenvalue weighted by Crippen LogP contribution is 2.31. The van der Waals surface area contributed by atoms with E-state index in [2.05, 4.69) is 10.9 Å². The van der Waals surface area contributed by atoms with E-state index >= 15 is 0 Å². The molecule has 0 unspecified atom stereocenters. The number of nitro groups is 1. The Labute approximate surface area is 172 Å². The summed E-state index contributed by atoms with van der Waals surface area (Å²) in [6.07, 6.45) is 2.96. The van der Waals surface area contributed by atoms with Crippen molar-refractivity contribution >= 4 is 33.0 Å². The SMILES string of the molecule is CS(=O)(=O)c1ccc(C(=O)NNC(=O)c2ccc(N3CCCC3)c([N+](=O)[O-])c2)cc1. The van der Waals surface area contributed by atoms with Gasteiger partial charge in [0.15, 0.2) is 9.84 Å². The number of carbonyl (C=O) groups excluding carboxylic acids is 2. The lowest BCUT2D eigenvalue weighted by molar-refractivity contribution is -0.384. The highest BCUT2D eigenvalue weighted by molar-refractivity contribution is 7.90. The maximum atomic E-state index is 12.3. The fourth-order valence-corrected chi connectivity index (χ4v) is 3.78. The van der Waals surface area contributed by atoms with Gasteiger partial charge in [-0.2, -0.15) is 0 Å². The van der Waals surface area contributed by atoms with E-state index in [1.165, 1.54) is 42.5 Å². The summed E-state index contributed by atoms with van der Waals surface area (Å²) in [4.78, 5) is 37.4. The van der Waals surface area contributed by atoms with Crippen molar-refractivity contribution in [2.24, 2.45) is 0 Å². The Hall–Kier alpha value is -3.47. The molecule has 0 aliphatic carbocycles. The van der Waals surface area contributed by atoms with Crippen molar-refractivity contribution in [3.8, 4) is 0 Å². The molecule has 2 aromatic rings. The smallest absolute Gasteiger partial charge is 0.293 e. The van der Waals surface area contributed by atoms with E-state index < -0.39 is 26.6 Å². The predicted octanol–water partition coefficient (Wildman–Crippen LogP) is 1.67. The van der Waals surface area contributed by atoms with Crippen LogP contribution in [0.1, 0.15) is 33.6 Å². The van der Waals surface area contributed by atoms with Gasteiger partial charge in [-0.3, -0.25) is 30.6 Å². The standard InChI is InChI=1S/C19H20N4O6S/c1-30(28,29)15-7-4-13(5-8-15)18(24)20-21-19(25)14-6-9-16(17(12-14)23(26)27)22-10-2-3-11-22/h4-9,12H,2-3,10-11H2,1H3,(H,20,24)(H,21,25). The van der Waals surface area contributed by atoms with E-state index in [-0.39, 0.29) is 21.7 Å². The molecular formula is C19H20N4O6S. The first-order chi connectivity index (χ1) is 14.2. The summed E-state index contributed by atoms with van der Waals surface area (Å²) < 4.78 is 22.9. The van der Waals surface area contributed by atoms with Crippen LogP contribution in [0.15, 0.2) is 47.4 Å². The van der Waals surface area contributed by atoms with Crippen molar-refractivity contribution in [2.75, 3.05) is 24.2 Å². The van der Waals surface area contributed by atoms with E-state index in [4.69, 9.17) is 0 Å². The van der Waals surface area contributed by atoms with Crippen LogP contribution in [0.5, 0.6) is 0 Å². The zero-order valence-electron chi connectivity index (χ0n) is 16.1. The normalized spacial score (nSPS) is 13.7. The molecule has 0 atom stereocenters. The predicted molar refractivity (Wildman–Crippen MR) is 109 cm³/mol. The quantitative estimate of drug-likeness (QED) is 0.541. The van der Waals surface area contributed by atoms with Gasteiger partial charge in [-0.05, 0) is 49.2 Å². The van der Waals surface area contributed by atoms with Gasteiger partial charge in [0.05, 0.1) is 9.82 Å². The largest absolute Gasteiger partial charge is 0.366 e. The third-order valence-corrected chi connectivity index (χ3v) is 5.84. The number of sulfone groups is 1. The zero-order valence-corrected chi connectivity index (χ0v) is 16.9. The Bertz CT molecular complexity index is 1090. The molecule has 30 heavy (non-hydrogen) atoms. The number of hydrazine groups is 1. The van der Waals surface area contributed by atoms with Crippen molar-refractivity contribution in [2.45, 2.75) is 17.7 Å². The summed E-state index contributed by atoms with van der Waals surface area (Å²) in [6, 6.07) is 9.36. The zero-order chi connectivity index (χ0) is 21.9. The molecule has 11 heteroatoms. The van der Waals surface area contributed by atoms with Crippen LogP contribution in [0.25, 0.3) is 0 Å².